The van der Waals surface area contributed by atoms with Gasteiger partial charge in [-0.15, -0.1) is 0 Å². The number of nitro benzene ring substituents is 1. The average molecular weight is 214 g/mol. The van der Waals surface area contributed by atoms with E-state index < -0.39 is 15.9 Å². The second kappa shape index (κ2) is 4.30. The van der Waals surface area contributed by atoms with E-state index in [0.717, 1.165) is 0 Å². The van der Waals surface area contributed by atoms with E-state index in [1.807, 2.05) is 0 Å². The molecule has 1 rings (SSSR count). The Balaban J connectivity index is 3.20. The number of nitrogens with zero attached hydrogens (tertiary/aromatic N) is 2. The number of nitro groups is 1. The van der Waals surface area contributed by atoms with Crippen LogP contribution in [-0.2, 0) is 11.0 Å². The van der Waals surface area contributed by atoms with Gasteiger partial charge in [0, 0.05) is 6.07 Å². The zero-order chi connectivity index (χ0) is 10.7. The van der Waals surface area contributed by atoms with E-state index in [-0.39, 0.29) is 10.6 Å². The molecule has 14 heavy (non-hydrogen) atoms. The van der Waals surface area contributed by atoms with E-state index in [1.54, 1.807) is 26.2 Å². The Bertz CT molecular complexity index is 379. The van der Waals surface area contributed by atoms with E-state index in [4.69, 9.17) is 0 Å². The molecule has 1 aromatic carbocycles. The minimum Gasteiger partial charge on any atom is -0.258 e. The van der Waals surface area contributed by atoms with Gasteiger partial charge in [0.1, 0.15) is 15.9 Å². The minimum absolute atomic E-state index is 0.112. The second-order valence-electron chi connectivity index (χ2n) is 2.79. The van der Waals surface area contributed by atoms with Crippen molar-refractivity contribution >= 4 is 16.7 Å². The Labute approximate surface area is 84.1 Å². The van der Waals surface area contributed by atoms with Crippen molar-refractivity contribution in [3.63, 3.8) is 0 Å². The minimum atomic E-state index is -1.48. The molecule has 0 spiro atoms. The summed E-state index contributed by atoms with van der Waals surface area (Å²) in [6, 6.07) is 6.02. The summed E-state index contributed by atoms with van der Waals surface area (Å²) in [7, 11) is 1.73. The Morgan fingerprint density at radius 3 is 2.43 bits per heavy atom. The molecule has 0 fully saturated rings. The highest BCUT2D eigenvalue weighted by molar-refractivity contribution is 7.82. The molecular weight excluding hydrogens is 204 g/mol. The molecule has 0 heterocycles. The monoisotopic (exact) mass is 214 g/mol. The molecule has 5 nitrogen and oxygen atoms in total. The quantitative estimate of drug-likeness (QED) is 0.560. The molecule has 0 bridgehead atoms. The predicted molar refractivity (Wildman–Crippen MR) is 53.2 cm³/mol. The molecule has 0 amide bonds. The third-order valence-corrected chi connectivity index (χ3v) is 2.97. The highest BCUT2D eigenvalue weighted by Crippen LogP contribution is 2.21. The molecule has 0 radical (unpaired) electrons. The van der Waals surface area contributed by atoms with Crippen LogP contribution < -0.4 is 0 Å². The lowest BCUT2D eigenvalue weighted by Crippen LogP contribution is -2.16. The number of rotatable bonds is 3. The van der Waals surface area contributed by atoms with Crippen molar-refractivity contribution in [2.45, 2.75) is 4.90 Å². The topological polar surface area (TPSA) is 63.5 Å². The first-order chi connectivity index (χ1) is 6.54. The summed E-state index contributed by atoms with van der Waals surface area (Å²) in [5, 5.41) is 10.6. The molecule has 0 aromatic heterocycles. The van der Waals surface area contributed by atoms with Crippen LogP contribution in [0.15, 0.2) is 29.2 Å². The van der Waals surface area contributed by atoms with E-state index in [1.165, 1.54) is 16.4 Å². The first kappa shape index (κ1) is 10.8. The normalized spacial score (nSPS) is 12.8. The molecule has 0 saturated carbocycles. The van der Waals surface area contributed by atoms with Crippen LogP contribution in [0.25, 0.3) is 0 Å². The summed E-state index contributed by atoms with van der Waals surface area (Å²) < 4.78 is 13.0. The zero-order valence-corrected chi connectivity index (χ0v) is 8.65. The maximum absolute atomic E-state index is 11.6. The molecule has 0 N–H and O–H groups in total. The molecule has 0 aliphatic heterocycles. The summed E-state index contributed by atoms with van der Waals surface area (Å²) in [5.41, 5.74) is -0.112. The second-order valence-corrected chi connectivity index (χ2v) is 4.45. The molecule has 1 aromatic rings. The van der Waals surface area contributed by atoms with Crippen LogP contribution in [0.2, 0.25) is 0 Å². The lowest BCUT2D eigenvalue weighted by Gasteiger charge is -2.08. The predicted octanol–water partition coefficient (Wildman–Crippen LogP) is 1.18. The van der Waals surface area contributed by atoms with Gasteiger partial charge in [0.05, 0.1) is 4.92 Å². The lowest BCUT2D eigenvalue weighted by atomic mass is 10.3. The van der Waals surface area contributed by atoms with Crippen LogP contribution in [-0.4, -0.2) is 27.5 Å². The van der Waals surface area contributed by atoms with E-state index in [0.29, 0.717) is 0 Å². The van der Waals surface area contributed by atoms with Crippen LogP contribution in [0.1, 0.15) is 0 Å². The Kier molecular flexibility index (Phi) is 3.32. The van der Waals surface area contributed by atoms with Gasteiger partial charge in [-0.05, 0) is 20.2 Å². The van der Waals surface area contributed by atoms with Crippen LogP contribution >= 0.6 is 0 Å². The fourth-order valence-electron chi connectivity index (χ4n) is 0.952. The number of hydrogen-bond acceptors (Lipinski definition) is 3. The molecule has 1 unspecified atom stereocenters. The zero-order valence-electron chi connectivity index (χ0n) is 7.84. The van der Waals surface area contributed by atoms with Gasteiger partial charge >= 0.3 is 0 Å². The maximum atomic E-state index is 11.6. The van der Waals surface area contributed by atoms with Crippen molar-refractivity contribution in [2.75, 3.05) is 14.1 Å². The fraction of sp³-hybridized carbons (Fsp3) is 0.250. The lowest BCUT2D eigenvalue weighted by molar-refractivity contribution is -0.387. The van der Waals surface area contributed by atoms with Crippen LogP contribution in [0, 0.1) is 10.1 Å². The van der Waals surface area contributed by atoms with E-state index in [9.17, 15) is 14.3 Å². The highest BCUT2D eigenvalue weighted by Gasteiger charge is 2.18. The third-order valence-electron chi connectivity index (χ3n) is 1.58. The first-order valence-electron chi connectivity index (χ1n) is 3.86. The summed E-state index contributed by atoms with van der Waals surface area (Å²) in [6.07, 6.45) is 0. The van der Waals surface area contributed by atoms with E-state index >= 15 is 0 Å². The molecule has 0 saturated heterocycles. The van der Waals surface area contributed by atoms with E-state index in [2.05, 4.69) is 0 Å². The number of para-hydroxylation sites is 1. The molecule has 0 aliphatic rings. The Morgan fingerprint density at radius 1 is 1.36 bits per heavy atom. The summed E-state index contributed by atoms with van der Waals surface area (Å²) in [5.74, 6) is 0. The van der Waals surface area contributed by atoms with Gasteiger partial charge in [-0.2, -0.15) is 0 Å². The van der Waals surface area contributed by atoms with Crippen molar-refractivity contribution in [2.24, 2.45) is 0 Å². The van der Waals surface area contributed by atoms with Gasteiger partial charge in [0.25, 0.3) is 5.69 Å². The molecule has 1 atom stereocenters. The largest absolute Gasteiger partial charge is 0.286 e. The van der Waals surface area contributed by atoms with Crippen LogP contribution in [0.3, 0.4) is 0 Å². The van der Waals surface area contributed by atoms with Gasteiger partial charge in [0.15, 0.2) is 0 Å². The first-order valence-corrected chi connectivity index (χ1v) is 4.97. The Hall–Kier alpha value is -1.27. The standard InChI is InChI=1S/C8H10N2O3S/c1-9(2)14(13)8-6-4-3-5-7(8)10(11)12/h3-6H,1-2H3. The van der Waals surface area contributed by atoms with Crippen LogP contribution in [0.5, 0.6) is 0 Å². The van der Waals surface area contributed by atoms with Crippen molar-refractivity contribution in [3.8, 4) is 0 Å². The van der Waals surface area contributed by atoms with Gasteiger partial charge in [-0.25, -0.2) is 8.51 Å². The summed E-state index contributed by atoms with van der Waals surface area (Å²) >= 11 is 0. The number of hydrogen-bond donors (Lipinski definition) is 0. The van der Waals surface area contributed by atoms with Crippen molar-refractivity contribution in [1.82, 2.24) is 4.31 Å². The Morgan fingerprint density at radius 2 is 1.93 bits per heavy atom. The fourth-order valence-corrected chi connectivity index (χ4v) is 1.86. The SMILES string of the molecule is CN(C)S(=O)c1ccccc1[N+](=O)[O-]. The van der Waals surface area contributed by atoms with Gasteiger partial charge in [0.2, 0.25) is 0 Å². The van der Waals surface area contributed by atoms with Crippen molar-refractivity contribution in [1.29, 1.82) is 0 Å². The molecule has 76 valence electrons. The van der Waals surface area contributed by atoms with Crippen molar-refractivity contribution < 1.29 is 9.13 Å². The van der Waals surface area contributed by atoms with Gasteiger partial charge in [-0.3, -0.25) is 10.1 Å². The van der Waals surface area contributed by atoms with Gasteiger partial charge in [-0.1, -0.05) is 12.1 Å². The summed E-state index contributed by atoms with van der Waals surface area (Å²) in [4.78, 5) is 10.3. The van der Waals surface area contributed by atoms with Crippen molar-refractivity contribution in [3.05, 3.63) is 34.4 Å². The molecule has 6 heteroatoms. The number of benzene rings is 1. The summed E-state index contributed by atoms with van der Waals surface area (Å²) in [6.45, 7) is 0. The highest BCUT2D eigenvalue weighted by atomic mass is 32.2. The third kappa shape index (κ3) is 2.15. The maximum Gasteiger partial charge on any atom is 0.286 e. The van der Waals surface area contributed by atoms with Crippen LogP contribution in [0.4, 0.5) is 5.69 Å². The molecular formula is C8H10N2O3S. The van der Waals surface area contributed by atoms with Gasteiger partial charge < -0.3 is 0 Å². The smallest absolute Gasteiger partial charge is 0.258 e. The molecule has 0 aliphatic carbocycles. The average Bonchev–Trinajstić information content (AvgIpc) is 2.16.